The number of morpholine rings is 1. The highest BCUT2D eigenvalue weighted by atomic mass is 35.5. The Morgan fingerprint density at radius 3 is 2.82 bits per heavy atom. The number of halogens is 1. The van der Waals surface area contributed by atoms with Crippen molar-refractivity contribution in [3.05, 3.63) is 78.5 Å². The SMILES string of the molecule is CN1c2ccccc2-c2nc3ccc(C4CN(/C=C/C(=O)Cl)CCO4)cc3c3cccc1c23. The van der Waals surface area contributed by atoms with Crippen LogP contribution in [-0.2, 0) is 9.53 Å². The monoisotopic (exact) mass is 455 g/mol. The molecule has 1 unspecified atom stereocenters. The van der Waals surface area contributed by atoms with E-state index in [1.165, 1.54) is 22.5 Å². The van der Waals surface area contributed by atoms with Gasteiger partial charge in [0.1, 0.15) is 6.10 Å². The zero-order valence-corrected chi connectivity index (χ0v) is 18.9. The zero-order chi connectivity index (χ0) is 22.5. The summed E-state index contributed by atoms with van der Waals surface area (Å²) in [7, 11) is 2.11. The van der Waals surface area contributed by atoms with Gasteiger partial charge in [0, 0.05) is 48.7 Å². The number of nitrogens with zero attached hydrogens (tertiary/aromatic N) is 3. The fourth-order valence-electron chi connectivity index (χ4n) is 5.00. The third-order valence-corrected chi connectivity index (χ3v) is 6.72. The average Bonchev–Trinajstić information content (AvgIpc) is 2.85. The molecule has 5 nitrogen and oxygen atoms in total. The van der Waals surface area contributed by atoms with Crippen molar-refractivity contribution in [2.45, 2.75) is 6.10 Å². The van der Waals surface area contributed by atoms with Crippen LogP contribution in [0.3, 0.4) is 0 Å². The van der Waals surface area contributed by atoms with Crippen LogP contribution in [0.2, 0.25) is 0 Å². The Morgan fingerprint density at radius 2 is 1.94 bits per heavy atom. The van der Waals surface area contributed by atoms with Crippen molar-refractivity contribution in [3.8, 4) is 11.3 Å². The highest BCUT2D eigenvalue weighted by Gasteiger charge is 2.25. The predicted molar refractivity (Wildman–Crippen MR) is 133 cm³/mol. The lowest BCUT2D eigenvalue weighted by Gasteiger charge is -2.32. The number of ether oxygens (including phenoxy) is 1. The molecular weight excluding hydrogens is 434 g/mol. The normalized spacial score (nSPS) is 17.7. The lowest BCUT2D eigenvalue weighted by atomic mass is 9.93. The standard InChI is InChI=1S/C27H22ClN3O2/c1-30-22-7-3-2-5-19(22)27-26-18(6-4-8-23(26)30)20-15-17(9-10-21(20)29-27)24-16-31(13-14-33-24)12-11-25(28)32/h2-12,15,24H,13-14,16H2,1H3/b12-11+. The molecule has 1 fully saturated rings. The van der Waals surface area contributed by atoms with Gasteiger partial charge in [-0.25, -0.2) is 4.98 Å². The summed E-state index contributed by atoms with van der Waals surface area (Å²) in [4.78, 5) is 20.5. The van der Waals surface area contributed by atoms with Crippen molar-refractivity contribution in [2.24, 2.45) is 0 Å². The molecular formula is C27H22ClN3O2. The van der Waals surface area contributed by atoms with Crippen molar-refractivity contribution in [3.63, 3.8) is 0 Å². The summed E-state index contributed by atoms with van der Waals surface area (Å²) in [6, 6.07) is 21.3. The van der Waals surface area contributed by atoms with Gasteiger partial charge in [-0.05, 0) is 46.8 Å². The number of pyridine rings is 1. The maximum Gasteiger partial charge on any atom is 0.246 e. The van der Waals surface area contributed by atoms with Crippen LogP contribution in [0.4, 0.5) is 11.4 Å². The number of hydrogen-bond donors (Lipinski definition) is 0. The van der Waals surface area contributed by atoms with Crippen LogP contribution in [0.5, 0.6) is 0 Å². The lowest BCUT2D eigenvalue weighted by molar-refractivity contribution is -0.107. The first-order chi connectivity index (χ1) is 16.1. The molecule has 6 heteroatoms. The lowest BCUT2D eigenvalue weighted by Crippen LogP contribution is -2.34. The van der Waals surface area contributed by atoms with Gasteiger partial charge in [-0.1, -0.05) is 36.4 Å². The Kier molecular flexibility index (Phi) is 4.82. The number of rotatable bonds is 3. The second kappa shape index (κ2) is 7.87. The molecule has 0 N–H and O–H groups in total. The topological polar surface area (TPSA) is 45.7 Å². The molecule has 3 heterocycles. The summed E-state index contributed by atoms with van der Waals surface area (Å²) in [6.45, 7) is 1.98. The first-order valence-corrected chi connectivity index (χ1v) is 11.4. The summed E-state index contributed by atoms with van der Waals surface area (Å²) in [6.07, 6.45) is 3.05. The number of para-hydroxylation sites is 1. The van der Waals surface area contributed by atoms with Gasteiger partial charge in [0.2, 0.25) is 5.24 Å². The summed E-state index contributed by atoms with van der Waals surface area (Å²) >= 11 is 5.46. The smallest absolute Gasteiger partial charge is 0.246 e. The molecule has 2 aliphatic heterocycles. The molecule has 164 valence electrons. The van der Waals surface area contributed by atoms with E-state index >= 15 is 0 Å². The molecule has 0 radical (unpaired) electrons. The van der Waals surface area contributed by atoms with E-state index < -0.39 is 5.24 Å². The van der Waals surface area contributed by atoms with Crippen molar-refractivity contribution < 1.29 is 9.53 Å². The van der Waals surface area contributed by atoms with E-state index in [0.29, 0.717) is 13.2 Å². The molecule has 6 rings (SSSR count). The van der Waals surface area contributed by atoms with Crippen LogP contribution in [0, 0.1) is 0 Å². The van der Waals surface area contributed by atoms with Crippen molar-refractivity contribution in [1.82, 2.24) is 9.88 Å². The van der Waals surface area contributed by atoms with E-state index in [1.807, 2.05) is 0 Å². The molecule has 0 aliphatic carbocycles. The van der Waals surface area contributed by atoms with Crippen LogP contribution in [0.25, 0.3) is 32.9 Å². The van der Waals surface area contributed by atoms with Crippen LogP contribution < -0.4 is 4.90 Å². The molecule has 0 amide bonds. The van der Waals surface area contributed by atoms with Gasteiger partial charge in [-0.3, -0.25) is 4.79 Å². The zero-order valence-electron chi connectivity index (χ0n) is 18.2. The molecule has 0 spiro atoms. The minimum atomic E-state index is -0.471. The Hall–Kier alpha value is -3.41. The number of fused-ring (bicyclic) bond motifs is 4. The van der Waals surface area contributed by atoms with E-state index in [4.69, 9.17) is 21.3 Å². The third-order valence-electron chi connectivity index (χ3n) is 6.59. The van der Waals surface area contributed by atoms with Crippen LogP contribution in [-0.4, -0.2) is 41.9 Å². The average molecular weight is 456 g/mol. The molecule has 1 saturated heterocycles. The summed E-state index contributed by atoms with van der Waals surface area (Å²) < 4.78 is 6.08. The largest absolute Gasteiger partial charge is 0.372 e. The Labute approximate surface area is 196 Å². The maximum atomic E-state index is 11.1. The number of carbonyl (C=O) groups excluding carboxylic acids is 1. The summed E-state index contributed by atoms with van der Waals surface area (Å²) in [5.41, 5.74) is 6.59. The van der Waals surface area contributed by atoms with Crippen molar-refractivity contribution in [2.75, 3.05) is 31.6 Å². The molecule has 0 saturated carbocycles. The number of anilines is 2. The molecule has 0 bridgehead atoms. The molecule has 1 aromatic heterocycles. The van der Waals surface area contributed by atoms with Gasteiger partial charge < -0.3 is 14.5 Å². The van der Waals surface area contributed by atoms with Gasteiger partial charge in [-0.2, -0.15) is 0 Å². The van der Waals surface area contributed by atoms with Gasteiger partial charge in [0.05, 0.1) is 29.2 Å². The van der Waals surface area contributed by atoms with E-state index in [0.717, 1.165) is 40.0 Å². The number of benzene rings is 3. The van der Waals surface area contributed by atoms with E-state index in [-0.39, 0.29) is 6.10 Å². The van der Waals surface area contributed by atoms with E-state index in [1.54, 1.807) is 6.20 Å². The second-order valence-corrected chi connectivity index (χ2v) is 8.86. The van der Waals surface area contributed by atoms with E-state index in [2.05, 4.69) is 77.5 Å². The molecule has 3 aromatic carbocycles. The summed E-state index contributed by atoms with van der Waals surface area (Å²) in [5.74, 6) is 0. The van der Waals surface area contributed by atoms with Gasteiger partial charge in [0.25, 0.3) is 0 Å². The minimum Gasteiger partial charge on any atom is -0.372 e. The highest BCUT2D eigenvalue weighted by Crippen LogP contribution is 2.47. The van der Waals surface area contributed by atoms with Crippen LogP contribution >= 0.6 is 11.6 Å². The highest BCUT2D eigenvalue weighted by molar-refractivity contribution is 6.66. The fourth-order valence-corrected chi connectivity index (χ4v) is 5.05. The Morgan fingerprint density at radius 1 is 1.09 bits per heavy atom. The van der Waals surface area contributed by atoms with Gasteiger partial charge in [0.15, 0.2) is 0 Å². The minimum absolute atomic E-state index is 0.0903. The number of aromatic nitrogens is 1. The van der Waals surface area contributed by atoms with Crippen molar-refractivity contribution >= 4 is 49.9 Å². The molecule has 2 aliphatic rings. The number of allylic oxidation sites excluding steroid dienone is 1. The predicted octanol–water partition coefficient (Wildman–Crippen LogP) is 5.79. The fraction of sp³-hybridized carbons (Fsp3) is 0.185. The first kappa shape index (κ1) is 20.2. The third kappa shape index (κ3) is 3.36. The van der Waals surface area contributed by atoms with Gasteiger partial charge >= 0.3 is 0 Å². The van der Waals surface area contributed by atoms with E-state index in [9.17, 15) is 4.79 Å². The second-order valence-electron chi connectivity index (χ2n) is 8.49. The number of hydrogen-bond acceptors (Lipinski definition) is 5. The first-order valence-electron chi connectivity index (χ1n) is 11.0. The van der Waals surface area contributed by atoms with Crippen LogP contribution in [0.1, 0.15) is 11.7 Å². The molecule has 1 atom stereocenters. The Balaban J connectivity index is 1.49. The number of carbonyl (C=O) groups is 1. The molecule has 4 aromatic rings. The quantitative estimate of drug-likeness (QED) is 0.222. The van der Waals surface area contributed by atoms with Gasteiger partial charge in [-0.15, -0.1) is 0 Å². The Bertz CT molecular complexity index is 1450. The summed E-state index contributed by atoms with van der Waals surface area (Å²) in [5, 5.41) is 3.02. The van der Waals surface area contributed by atoms with Crippen LogP contribution in [0.15, 0.2) is 72.9 Å². The molecule has 33 heavy (non-hydrogen) atoms. The van der Waals surface area contributed by atoms with Crippen molar-refractivity contribution in [1.29, 1.82) is 0 Å². The maximum absolute atomic E-state index is 11.1.